The number of carboxylic acid groups (broad SMARTS) is 1. The highest BCUT2D eigenvalue weighted by atomic mass is 16.5. The zero-order valence-corrected chi connectivity index (χ0v) is 17.2. The van der Waals surface area contributed by atoms with Crippen LogP contribution >= 0.6 is 0 Å². The van der Waals surface area contributed by atoms with Crippen LogP contribution in [0.3, 0.4) is 0 Å². The Bertz CT molecular complexity index is 909. The fraction of sp³-hybridized carbons (Fsp3) is 0.522. The van der Waals surface area contributed by atoms with Gasteiger partial charge in [-0.15, -0.1) is 0 Å². The zero-order chi connectivity index (χ0) is 21.1. The summed E-state index contributed by atoms with van der Waals surface area (Å²) >= 11 is 0. The fourth-order valence-electron chi connectivity index (χ4n) is 4.75. The van der Waals surface area contributed by atoms with Crippen LogP contribution in [0.5, 0.6) is 0 Å². The van der Waals surface area contributed by atoms with E-state index >= 15 is 0 Å². The molecule has 2 N–H and O–H groups in total. The number of carbonyl (C=O) groups excluding carboxylic acids is 1. The third-order valence-corrected chi connectivity index (χ3v) is 6.18. The minimum Gasteiger partial charge on any atom is -0.481 e. The molecular weight excluding hydrogens is 384 g/mol. The highest BCUT2D eigenvalue weighted by Gasteiger charge is 2.51. The average Bonchev–Trinajstić information content (AvgIpc) is 3.47. The average molecular weight is 412 g/mol. The molecule has 4 atom stereocenters. The first-order valence-corrected chi connectivity index (χ1v) is 10.7. The highest BCUT2D eigenvalue weighted by Crippen LogP contribution is 2.49. The normalized spacial score (nSPS) is 24.8. The smallest absolute Gasteiger partial charge is 0.303 e. The zero-order valence-electron chi connectivity index (χ0n) is 17.2. The number of carboxylic acids is 1. The van der Waals surface area contributed by atoms with Gasteiger partial charge in [-0.3, -0.25) is 9.59 Å². The highest BCUT2D eigenvalue weighted by molar-refractivity contribution is 5.91. The summed E-state index contributed by atoms with van der Waals surface area (Å²) in [6.07, 6.45) is 5.86. The number of aliphatic carboxylic acids is 1. The number of rotatable bonds is 9. The molecule has 0 radical (unpaired) electrons. The number of benzene rings is 1. The van der Waals surface area contributed by atoms with Gasteiger partial charge in [-0.25, -0.2) is 4.98 Å². The van der Waals surface area contributed by atoms with Gasteiger partial charge in [0.15, 0.2) is 5.69 Å². The minimum atomic E-state index is -0.792. The maximum atomic E-state index is 12.2. The van der Waals surface area contributed by atoms with E-state index in [4.69, 9.17) is 14.3 Å². The second-order valence-electron chi connectivity index (χ2n) is 8.17. The Morgan fingerprint density at radius 1 is 1.20 bits per heavy atom. The number of oxazole rings is 1. The third-order valence-electron chi connectivity index (χ3n) is 6.18. The van der Waals surface area contributed by atoms with Crippen molar-refractivity contribution in [3.63, 3.8) is 0 Å². The molecular formula is C23H28N2O5. The van der Waals surface area contributed by atoms with Crippen molar-refractivity contribution >= 4 is 11.9 Å². The Morgan fingerprint density at radius 3 is 2.73 bits per heavy atom. The van der Waals surface area contributed by atoms with E-state index in [2.05, 4.69) is 16.4 Å². The summed E-state index contributed by atoms with van der Waals surface area (Å²) in [5.41, 5.74) is 2.52. The molecule has 7 heteroatoms. The number of aryl methyl sites for hydroxylation is 1. The van der Waals surface area contributed by atoms with Gasteiger partial charge in [-0.2, -0.15) is 0 Å². The van der Waals surface area contributed by atoms with Gasteiger partial charge < -0.3 is 19.6 Å². The van der Waals surface area contributed by atoms with Crippen LogP contribution in [0.2, 0.25) is 0 Å². The van der Waals surface area contributed by atoms with E-state index < -0.39 is 5.97 Å². The van der Waals surface area contributed by atoms with E-state index in [9.17, 15) is 9.59 Å². The minimum absolute atomic E-state index is 0.00371. The van der Waals surface area contributed by atoms with Crippen LogP contribution in [-0.2, 0) is 22.4 Å². The van der Waals surface area contributed by atoms with Gasteiger partial charge >= 0.3 is 5.97 Å². The van der Waals surface area contributed by atoms with Gasteiger partial charge in [-0.1, -0.05) is 31.2 Å². The van der Waals surface area contributed by atoms with Gasteiger partial charge in [-0.05, 0) is 43.2 Å². The summed E-state index contributed by atoms with van der Waals surface area (Å²) in [5.74, 6) is -0.244. The summed E-state index contributed by atoms with van der Waals surface area (Å²) in [5, 5.41) is 11.9. The lowest BCUT2D eigenvalue weighted by atomic mass is 9.75. The molecule has 0 spiro atoms. The van der Waals surface area contributed by atoms with Crippen LogP contribution < -0.4 is 5.32 Å². The molecule has 4 rings (SSSR count). The first kappa shape index (κ1) is 20.6. The topological polar surface area (TPSA) is 102 Å². The van der Waals surface area contributed by atoms with E-state index in [0.29, 0.717) is 24.6 Å². The molecule has 160 valence electrons. The maximum Gasteiger partial charge on any atom is 0.303 e. The molecule has 1 aromatic carbocycles. The number of aromatic nitrogens is 1. The Kier molecular flexibility index (Phi) is 6.18. The SMILES string of the molecule is CCCNC(=O)c1coc([C@H]2[C@@H](Cc3ccccc3CCC(=O)O)[C@@H]3CC[C@H]2O3)n1. The Balaban J connectivity index is 1.53. The molecule has 2 fully saturated rings. The first-order chi connectivity index (χ1) is 14.6. The molecule has 7 nitrogen and oxygen atoms in total. The largest absolute Gasteiger partial charge is 0.481 e. The van der Waals surface area contributed by atoms with E-state index in [1.165, 1.54) is 6.26 Å². The molecule has 0 aliphatic carbocycles. The van der Waals surface area contributed by atoms with Crippen molar-refractivity contribution in [1.29, 1.82) is 0 Å². The van der Waals surface area contributed by atoms with Crippen molar-refractivity contribution in [3.05, 3.63) is 53.2 Å². The van der Waals surface area contributed by atoms with Gasteiger partial charge in [0.2, 0.25) is 5.89 Å². The van der Waals surface area contributed by atoms with Gasteiger partial charge in [0.1, 0.15) is 6.26 Å². The van der Waals surface area contributed by atoms with Crippen molar-refractivity contribution < 1.29 is 23.8 Å². The van der Waals surface area contributed by atoms with Crippen molar-refractivity contribution in [1.82, 2.24) is 10.3 Å². The molecule has 3 heterocycles. The lowest BCUT2D eigenvalue weighted by Gasteiger charge is -2.26. The Hall–Kier alpha value is -2.67. The van der Waals surface area contributed by atoms with E-state index in [1.54, 1.807) is 0 Å². The van der Waals surface area contributed by atoms with Crippen molar-refractivity contribution in [2.75, 3.05) is 6.54 Å². The van der Waals surface area contributed by atoms with Crippen LogP contribution in [0, 0.1) is 5.92 Å². The molecule has 1 aromatic heterocycles. The number of fused-ring (bicyclic) bond motifs is 2. The van der Waals surface area contributed by atoms with Gasteiger partial charge in [0, 0.05) is 18.9 Å². The molecule has 0 saturated carbocycles. The summed E-state index contributed by atoms with van der Waals surface area (Å²) in [6, 6.07) is 8.01. The Labute approximate surface area is 175 Å². The summed E-state index contributed by atoms with van der Waals surface area (Å²) in [7, 11) is 0. The number of nitrogens with one attached hydrogen (secondary N) is 1. The lowest BCUT2D eigenvalue weighted by molar-refractivity contribution is -0.136. The van der Waals surface area contributed by atoms with Crippen molar-refractivity contribution in [2.24, 2.45) is 5.92 Å². The summed E-state index contributed by atoms with van der Waals surface area (Å²) in [4.78, 5) is 27.7. The number of amides is 1. The number of hydrogen-bond acceptors (Lipinski definition) is 5. The van der Waals surface area contributed by atoms with Crippen molar-refractivity contribution in [2.45, 2.75) is 63.6 Å². The Morgan fingerprint density at radius 2 is 1.97 bits per heavy atom. The van der Waals surface area contributed by atoms with E-state index in [-0.39, 0.29) is 36.4 Å². The molecule has 2 saturated heterocycles. The molecule has 2 aliphatic heterocycles. The van der Waals surface area contributed by atoms with Crippen LogP contribution in [0.15, 0.2) is 34.9 Å². The number of ether oxygens (including phenoxy) is 1. The predicted octanol–water partition coefficient (Wildman–Crippen LogP) is 3.34. The number of carbonyl (C=O) groups is 2. The van der Waals surface area contributed by atoms with E-state index in [1.807, 2.05) is 25.1 Å². The molecule has 2 aromatic rings. The third kappa shape index (κ3) is 4.26. The van der Waals surface area contributed by atoms with E-state index in [0.717, 1.165) is 36.8 Å². The van der Waals surface area contributed by atoms with Crippen LogP contribution in [0.25, 0.3) is 0 Å². The molecule has 2 aliphatic rings. The number of nitrogens with zero attached hydrogens (tertiary/aromatic N) is 1. The maximum absolute atomic E-state index is 12.2. The molecule has 30 heavy (non-hydrogen) atoms. The van der Waals surface area contributed by atoms with Crippen LogP contribution in [-0.4, -0.2) is 40.7 Å². The van der Waals surface area contributed by atoms with Gasteiger partial charge in [0.05, 0.1) is 18.1 Å². The second kappa shape index (κ2) is 9.00. The fourth-order valence-corrected chi connectivity index (χ4v) is 4.75. The van der Waals surface area contributed by atoms with Gasteiger partial charge in [0.25, 0.3) is 5.91 Å². The predicted molar refractivity (Wildman–Crippen MR) is 109 cm³/mol. The van der Waals surface area contributed by atoms with Crippen LogP contribution in [0.1, 0.15) is 66.0 Å². The standard InChI is InChI=1S/C23H28N2O5/c1-2-11-24-22(28)17-13-29-23(25-17)21-16(18-8-9-19(21)30-18)12-15-6-4-3-5-14(15)7-10-20(26)27/h3-6,13,16,18-19,21H,2,7-12H2,1H3,(H,24,28)(H,26,27)/t16-,18-,19+,21-/m0/s1. The molecule has 2 bridgehead atoms. The quantitative estimate of drug-likeness (QED) is 0.655. The lowest BCUT2D eigenvalue weighted by Crippen LogP contribution is -2.28. The second-order valence-corrected chi connectivity index (χ2v) is 8.17. The molecule has 0 unspecified atom stereocenters. The number of hydrogen-bond donors (Lipinski definition) is 2. The summed E-state index contributed by atoms with van der Waals surface area (Å²) < 4.78 is 12.0. The van der Waals surface area contributed by atoms with Crippen molar-refractivity contribution in [3.8, 4) is 0 Å². The monoisotopic (exact) mass is 412 g/mol. The van der Waals surface area contributed by atoms with Crippen LogP contribution in [0.4, 0.5) is 0 Å². The summed E-state index contributed by atoms with van der Waals surface area (Å²) in [6.45, 7) is 2.61. The molecule has 1 amide bonds. The first-order valence-electron chi connectivity index (χ1n) is 10.7.